The number of carbonyl (C=O) groups is 1. The first-order chi connectivity index (χ1) is 13.2. The van der Waals surface area contributed by atoms with Crippen LogP contribution in [0.1, 0.15) is 36.8 Å². The molecule has 0 saturated heterocycles. The molecule has 2 fully saturated rings. The van der Waals surface area contributed by atoms with Gasteiger partial charge >= 0.3 is 5.97 Å². The second-order valence-corrected chi connectivity index (χ2v) is 7.99. The number of hydrogen-bond donors (Lipinski definition) is 0. The molecule has 0 unspecified atom stereocenters. The lowest BCUT2D eigenvalue weighted by Gasteiger charge is -2.07. The molecule has 0 N–H and O–H groups in total. The summed E-state index contributed by atoms with van der Waals surface area (Å²) in [5, 5.41) is 7.39. The van der Waals surface area contributed by atoms with Gasteiger partial charge in [0.2, 0.25) is 0 Å². The fraction of sp³-hybridized carbons (Fsp3) is 0.429. The van der Waals surface area contributed by atoms with E-state index in [0.29, 0.717) is 24.0 Å². The van der Waals surface area contributed by atoms with E-state index in [1.165, 1.54) is 51.9 Å². The van der Waals surface area contributed by atoms with E-state index in [4.69, 9.17) is 14.3 Å². The van der Waals surface area contributed by atoms with Crippen LogP contribution in [0.4, 0.5) is 0 Å². The lowest BCUT2D eigenvalue weighted by Crippen LogP contribution is -2.05. The molecule has 2 aliphatic carbocycles. The summed E-state index contributed by atoms with van der Waals surface area (Å²) in [7, 11) is 2.89. The van der Waals surface area contributed by atoms with E-state index in [2.05, 4.69) is 17.3 Å². The molecule has 0 spiro atoms. The van der Waals surface area contributed by atoms with E-state index in [0.717, 1.165) is 21.2 Å². The smallest absolute Gasteiger partial charge is 0.341 e. The number of hydrogen-bond acceptors (Lipinski definition) is 6. The minimum absolute atomic E-state index is 0.409. The van der Waals surface area contributed by atoms with Gasteiger partial charge in [0, 0.05) is 32.9 Å². The molecule has 2 aromatic rings. The van der Waals surface area contributed by atoms with Crippen LogP contribution in [-0.2, 0) is 25.7 Å². The molecule has 1 aromatic carbocycles. The largest absolute Gasteiger partial charge is 0.503 e. The first kappa shape index (κ1) is 18.0. The Morgan fingerprint density at radius 1 is 1.22 bits per heavy atom. The maximum Gasteiger partial charge on any atom is 0.341 e. The van der Waals surface area contributed by atoms with Crippen LogP contribution >= 0.6 is 11.3 Å². The lowest BCUT2D eigenvalue weighted by atomic mass is 10.0. The van der Waals surface area contributed by atoms with Gasteiger partial charge in [0.1, 0.15) is 12.2 Å². The minimum atomic E-state index is -0.415. The molecule has 2 aliphatic rings. The number of fused-ring (bicyclic) bond motifs is 1. The first-order valence-corrected chi connectivity index (χ1v) is 10.1. The van der Waals surface area contributed by atoms with Gasteiger partial charge in [-0.05, 0) is 43.4 Å². The molecule has 0 bridgehead atoms. The van der Waals surface area contributed by atoms with Crippen molar-refractivity contribution in [2.75, 3.05) is 14.2 Å². The van der Waals surface area contributed by atoms with Crippen molar-refractivity contribution in [2.45, 2.75) is 32.3 Å². The van der Waals surface area contributed by atoms with Crippen LogP contribution in [0.2, 0.25) is 0 Å². The number of esters is 1. The molecule has 0 radical (unpaired) electrons. The third kappa shape index (κ3) is 4.00. The third-order valence-electron chi connectivity index (χ3n) is 4.96. The maximum atomic E-state index is 12.1. The fourth-order valence-corrected chi connectivity index (χ4v) is 4.19. The number of nitrogens with zero attached hydrogens (tertiary/aromatic N) is 1. The Morgan fingerprint density at radius 2 is 1.96 bits per heavy atom. The van der Waals surface area contributed by atoms with Crippen molar-refractivity contribution in [3.05, 3.63) is 41.0 Å². The monoisotopic (exact) mass is 385 g/mol. The van der Waals surface area contributed by atoms with Crippen LogP contribution in [0.25, 0.3) is 15.7 Å². The zero-order valence-electron chi connectivity index (χ0n) is 15.6. The van der Waals surface area contributed by atoms with Crippen LogP contribution in [0.15, 0.2) is 35.0 Å². The third-order valence-corrected chi connectivity index (χ3v) is 5.92. The number of carbonyl (C=O) groups excluding carboxylic acids is 1. The predicted octanol–water partition coefficient (Wildman–Crippen LogP) is 4.75. The minimum Gasteiger partial charge on any atom is -0.503 e. The van der Waals surface area contributed by atoms with Gasteiger partial charge in [-0.15, -0.1) is 11.3 Å². The number of ether oxygens (including phenoxy) is 2. The Kier molecular flexibility index (Phi) is 5.16. The molecule has 1 heterocycles. The van der Waals surface area contributed by atoms with E-state index >= 15 is 0 Å². The molecule has 5 nitrogen and oxygen atoms in total. The SMILES string of the molecule is COC=C(C(=O)OC)c1csc2ccc(CON=C(C3CC3)C3CC3)cc12. The maximum absolute atomic E-state index is 12.1. The van der Waals surface area contributed by atoms with Crippen molar-refractivity contribution in [3.63, 3.8) is 0 Å². The molecule has 4 rings (SSSR count). The Bertz CT molecular complexity index is 892. The first-order valence-electron chi connectivity index (χ1n) is 9.22. The molecular formula is C21H23NO4S. The summed E-state index contributed by atoms with van der Waals surface area (Å²) in [6.45, 7) is 0.426. The molecule has 1 aromatic heterocycles. The molecule has 27 heavy (non-hydrogen) atoms. The van der Waals surface area contributed by atoms with E-state index < -0.39 is 5.97 Å². The van der Waals surface area contributed by atoms with Crippen molar-refractivity contribution in [1.29, 1.82) is 0 Å². The summed E-state index contributed by atoms with van der Waals surface area (Å²) >= 11 is 1.59. The Labute approximate surface area is 162 Å². The summed E-state index contributed by atoms with van der Waals surface area (Å²) in [5.41, 5.74) is 3.51. The Hall–Kier alpha value is -2.34. The summed E-state index contributed by atoms with van der Waals surface area (Å²) in [4.78, 5) is 17.8. The quantitative estimate of drug-likeness (QED) is 0.216. The number of benzene rings is 1. The number of thiophene rings is 1. The van der Waals surface area contributed by atoms with Crippen molar-refractivity contribution in [3.8, 4) is 0 Å². The highest BCUT2D eigenvalue weighted by Gasteiger charge is 2.38. The predicted molar refractivity (Wildman–Crippen MR) is 106 cm³/mol. The molecule has 6 heteroatoms. The summed E-state index contributed by atoms with van der Waals surface area (Å²) in [5.74, 6) is 0.900. The van der Waals surface area contributed by atoms with Crippen LogP contribution in [0.5, 0.6) is 0 Å². The van der Waals surface area contributed by atoms with E-state index in [9.17, 15) is 4.79 Å². The van der Waals surface area contributed by atoms with Gasteiger partial charge in [0.05, 0.1) is 26.2 Å². The van der Waals surface area contributed by atoms with Crippen LogP contribution in [-0.4, -0.2) is 25.9 Å². The Balaban J connectivity index is 1.55. The van der Waals surface area contributed by atoms with Gasteiger partial charge in [-0.1, -0.05) is 11.2 Å². The average Bonchev–Trinajstić information content (AvgIpc) is 3.61. The zero-order valence-corrected chi connectivity index (χ0v) is 16.4. The molecule has 142 valence electrons. The highest BCUT2D eigenvalue weighted by molar-refractivity contribution is 7.17. The number of rotatable bonds is 8. The van der Waals surface area contributed by atoms with Gasteiger partial charge in [0.15, 0.2) is 0 Å². The van der Waals surface area contributed by atoms with Gasteiger partial charge in [-0.25, -0.2) is 4.79 Å². The summed E-state index contributed by atoms with van der Waals surface area (Å²) in [6, 6.07) is 6.15. The van der Waals surface area contributed by atoms with Gasteiger partial charge in [0.25, 0.3) is 0 Å². The lowest BCUT2D eigenvalue weighted by molar-refractivity contribution is -0.133. The van der Waals surface area contributed by atoms with E-state index in [-0.39, 0.29) is 0 Å². The summed E-state index contributed by atoms with van der Waals surface area (Å²) < 4.78 is 11.1. The van der Waals surface area contributed by atoms with Gasteiger partial charge in [-0.2, -0.15) is 0 Å². The van der Waals surface area contributed by atoms with Crippen molar-refractivity contribution < 1.29 is 19.1 Å². The molecule has 0 atom stereocenters. The van der Waals surface area contributed by atoms with Crippen LogP contribution in [0.3, 0.4) is 0 Å². The molecular weight excluding hydrogens is 362 g/mol. The van der Waals surface area contributed by atoms with Gasteiger partial charge < -0.3 is 14.3 Å². The average molecular weight is 385 g/mol. The molecule has 0 amide bonds. The highest BCUT2D eigenvalue weighted by atomic mass is 32.1. The van der Waals surface area contributed by atoms with Crippen LogP contribution in [0, 0.1) is 11.8 Å². The topological polar surface area (TPSA) is 57.1 Å². The van der Waals surface area contributed by atoms with Crippen molar-refractivity contribution in [1.82, 2.24) is 0 Å². The van der Waals surface area contributed by atoms with E-state index in [1.54, 1.807) is 11.3 Å². The summed E-state index contributed by atoms with van der Waals surface area (Å²) in [6.07, 6.45) is 6.45. The second-order valence-electron chi connectivity index (χ2n) is 7.08. The molecule has 0 aliphatic heterocycles. The van der Waals surface area contributed by atoms with Crippen LogP contribution < -0.4 is 0 Å². The zero-order chi connectivity index (χ0) is 18.8. The van der Waals surface area contributed by atoms with Crippen molar-refractivity contribution >= 4 is 38.7 Å². The van der Waals surface area contributed by atoms with E-state index in [1.807, 2.05) is 11.4 Å². The Morgan fingerprint density at radius 3 is 2.59 bits per heavy atom. The standard InChI is InChI=1S/C21H23NO4S/c1-24-11-17(21(23)25-2)18-12-27-19-8-3-13(9-16(18)19)10-26-22-20(14-4-5-14)15-6-7-15/h3,8-9,11-12,14-15H,4-7,10H2,1-2H3. The van der Waals surface area contributed by atoms with Crippen molar-refractivity contribution in [2.24, 2.45) is 17.0 Å². The normalized spacial score (nSPS) is 16.9. The second kappa shape index (κ2) is 7.72. The fourth-order valence-electron chi connectivity index (χ4n) is 3.25. The molecule has 2 saturated carbocycles. The highest BCUT2D eigenvalue weighted by Crippen LogP contribution is 2.42. The number of methoxy groups -OCH3 is 2. The number of oxime groups is 1. The van der Waals surface area contributed by atoms with Gasteiger partial charge in [-0.3, -0.25) is 0 Å².